The molecule has 0 atom stereocenters. The van der Waals surface area contributed by atoms with Gasteiger partial charge in [-0.05, 0) is 50.2 Å². The molecule has 6 heteroatoms. The van der Waals surface area contributed by atoms with Gasteiger partial charge in [-0.2, -0.15) is 0 Å². The zero-order chi connectivity index (χ0) is 17.8. The smallest absolute Gasteiger partial charge is 0.254 e. The fourth-order valence-electron chi connectivity index (χ4n) is 3.16. The number of para-hydroxylation sites is 1. The Labute approximate surface area is 151 Å². The molecule has 25 heavy (non-hydrogen) atoms. The van der Waals surface area contributed by atoms with Crippen LogP contribution in [0.3, 0.4) is 0 Å². The molecule has 0 radical (unpaired) electrons. The summed E-state index contributed by atoms with van der Waals surface area (Å²) in [4.78, 5) is 31.8. The van der Waals surface area contributed by atoms with E-state index < -0.39 is 0 Å². The molecular weight excluding hydrogens is 334 g/mol. The van der Waals surface area contributed by atoms with E-state index in [1.54, 1.807) is 0 Å². The number of hydrogen-bond acceptors (Lipinski definition) is 4. The average Bonchev–Trinajstić information content (AvgIpc) is 2.62. The molecule has 3 rings (SSSR count). The van der Waals surface area contributed by atoms with E-state index in [1.165, 1.54) is 11.8 Å². The number of aryl methyl sites for hydroxylation is 3. The molecule has 1 aromatic heterocycles. The molecule has 0 saturated heterocycles. The number of anilines is 1. The Morgan fingerprint density at radius 2 is 2.12 bits per heavy atom. The van der Waals surface area contributed by atoms with Crippen LogP contribution in [0.5, 0.6) is 0 Å². The number of carbonyl (C=O) groups excluding carboxylic acids is 1. The minimum absolute atomic E-state index is 0.0558. The Morgan fingerprint density at radius 3 is 2.92 bits per heavy atom. The molecule has 0 aliphatic heterocycles. The first-order valence-electron chi connectivity index (χ1n) is 8.71. The van der Waals surface area contributed by atoms with Crippen LogP contribution in [0.25, 0.3) is 0 Å². The summed E-state index contributed by atoms with van der Waals surface area (Å²) in [6.45, 7) is 4.06. The first-order chi connectivity index (χ1) is 12.1. The maximum absolute atomic E-state index is 12.3. The number of fused-ring (bicyclic) bond motifs is 1. The summed E-state index contributed by atoms with van der Waals surface area (Å²) < 4.78 is 0. The van der Waals surface area contributed by atoms with Crippen molar-refractivity contribution in [2.75, 3.05) is 11.1 Å². The van der Waals surface area contributed by atoms with Crippen LogP contribution in [0.1, 0.15) is 42.1 Å². The van der Waals surface area contributed by atoms with Crippen molar-refractivity contribution < 1.29 is 4.79 Å². The zero-order valence-corrected chi connectivity index (χ0v) is 15.5. The summed E-state index contributed by atoms with van der Waals surface area (Å²) in [5.74, 6) is 0.133. The highest BCUT2D eigenvalue weighted by Crippen LogP contribution is 2.22. The molecule has 1 aromatic carbocycles. The van der Waals surface area contributed by atoms with Gasteiger partial charge in [-0.25, -0.2) is 4.98 Å². The van der Waals surface area contributed by atoms with Gasteiger partial charge in [0.05, 0.1) is 11.4 Å². The zero-order valence-electron chi connectivity index (χ0n) is 14.6. The van der Waals surface area contributed by atoms with Crippen molar-refractivity contribution in [3.8, 4) is 0 Å². The van der Waals surface area contributed by atoms with Crippen LogP contribution >= 0.6 is 11.8 Å². The average molecular weight is 357 g/mol. The topological polar surface area (TPSA) is 74.8 Å². The highest BCUT2D eigenvalue weighted by atomic mass is 32.2. The van der Waals surface area contributed by atoms with E-state index in [-0.39, 0.29) is 17.2 Å². The van der Waals surface area contributed by atoms with E-state index in [4.69, 9.17) is 0 Å². The first kappa shape index (κ1) is 17.7. The molecule has 0 bridgehead atoms. The number of rotatable bonds is 5. The number of nitrogens with zero attached hydrogens (tertiary/aromatic N) is 1. The van der Waals surface area contributed by atoms with Crippen molar-refractivity contribution in [2.45, 2.75) is 51.1 Å². The quantitative estimate of drug-likeness (QED) is 0.636. The molecule has 1 heterocycles. The third-order valence-electron chi connectivity index (χ3n) is 4.51. The minimum atomic E-state index is -0.0885. The van der Waals surface area contributed by atoms with Gasteiger partial charge in [0.2, 0.25) is 5.91 Å². The third kappa shape index (κ3) is 4.12. The molecule has 0 unspecified atom stereocenters. The summed E-state index contributed by atoms with van der Waals surface area (Å²) in [6.07, 6.45) is 4.63. The molecule has 1 amide bonds. The molecule has 0 saturated carbocycles. The highest BCUT2D eigenvalue weighted by Gasteiger charge is 2.16. The number of H-pyrrole nitrogens is 1. The van der Waals surface area contributed by atoms with Gasteiger partial charge in [0, 0.05) is 11.3 Å². The van der Waals surface area contributed by atoms with Crippen LogP contribution in [0.2, 0.25) is 0 Å². The lowest BCUT2D eigenvalue weighted by Crippen LogP contribution is -2.22. The number of amides is 1. The van der Waals surface area contributed by atoms with Crippen molar-refractivity contribution in [1.29, 1.82) is 0 Å². The Balaban J connectivity index is 1.67. The maximum atomic E-state index is 12.3. The third-order valence-corrected chi connectivity index (χ3v) is 5.39. The first-order valence-corrected chi connectivity index (χ1v) is 9.70. The Kier molecular flexibility index (Phi) is 5.58. The van der Waals surface area contributed by atoms with Gasteiger partial charge >= 0.3 is 0 Å². The summed E-state index contributed by atoms with van der Waals surface area (Å²) >= 11 is 1.28. The number of nitrogens with one attached hydrogen (secondary N) is 2. The Hall–Kier alpha value is -2.08. The van der Waals surface area contributed by atoms with Crippen molar-refractivity contribution in [3.05, 3.63) is 50.9 Å². The van der Waals surface area contributed by atoms with Crippen LogP contribution in [-0.4, -0.2) is 21.6 Å². The Morgan fingerprint density at radius 1 is 1.32 bits per heavy atom. The van der Waals surface area contributed by atoms with Gasteiger partial charge in [-0.3, -0.25) is 9.59 Å². The van der Waals surface area contributed by atoms with Crippen LogP contribution < -0.4 is 10.9 Å². The monoisotopic (exact) mass is 357 g/mol. The Bertz CT molecular complexity index is 845. The second kappa shape index (κ2) is 7.87. The number of aromatic nitrogens is 2. The van der Waals surface area contributed by atoms with E-state index in [0.717, 1.165) is 60.2 Å². The standard InChI is InChI=1S/C19H23N3O2S/c1-3-13-8-6-7-12(2)17(13)21-16(23)11-25-19-20-15-10-5-4-9-14(15)18(24)22-19/h6-8H,3-5,9-11H2,1-2H3,(H,21,23)(H,20,22,24). The van der Waals surface area contributed by atoms with Gasteiger partial charge in [-0.1, -0.05) is 36.9 Å². The predicted octanol–water partition coefficient (Wildman–Crippen LogP) is 3.25. The normalized spacial score (nSPS) is 13.4. The van der Waals surface area contributed by atoms with E-state index in [9.17, 15) is 9.59 Å². The highest BCUT2D eigenvalue weighted by molar-refractivity contribution is 7.99. The lowest BCUT2D eigenvalue weighted by Gasteiger charge is -2.15. The summed E-state index contributed by atoms with van der Waals surface area (Å²) in [5.41, 5.74) is 4.72. The molecule has 2 N–H and O–H groups in total. The number of carbonyl (C=O) groups is 1. The fourth-order valence-corrected chi connectivity index (χ4v) is 3.84. The van der Waals surface area contributed by atoms with Gasteiger partial charge in [0.25, 0.3) is 5.56 Å². The van der Waals surface area contributed by atoms with E-state index in [2.05, 4.69) is 22.2 Å². The molecule has 5 nitrogen and oxygen atoms in total. The summed E-state index contributed by atoms with van der Waals surface area (Å²) in [7, 11) is 0. The van der Waals surface area contributed by atoms with E-state index in [1.807, 2.05) is 25.1 Å². The molecule has 0 spiro atoms. The minimum Gasteiger partial charge on any atom is -0.325 e. The van der Waals surface area contributed by atoms with Crippen molar-refractivity contribution in [1.82, 2.24) is 9.97 Å². The van der Waals surface area contributed by atoms with Crippen LogP contribution in [-0.2, 0) is 24.1 Å². The van der Waals surface area contributed by atoms with E-state index in [0.29, 0.717) is 5.16 Å². The lowest BCUT2D eigenvalue weighted by atomic mass is 9.97. The van der Waals surface area contributed by atoms with Crippen LogP contribution in [0.4, 0.5) is 5.69 Å². The maximum Gasteiger partial charge on any atom is 0.254 e. The summed E-state index contributed by atoms with van der Waals surface area (Å²) in [5, 5.41) is 3.53. The molecule has 1 aliphatic carbocycles. The number of aromatic amines is 1. The van der Waals surface area contributed by atoms with Crippen molar-refractivity contribution in [2.24, 2.45) is 0 Å². The van der Waals surface area contributed by atoms with Gasteiger partial charge in [0.15, 0.2) is 5.16 Å². The van der Waals surface area contributed by atoms with Crippen LogP contribution in [0, 0.1) is 6.92 Å². The number of thioether (sulfide) groups is 1. The van der Waals surface area contributed by atoms with Crippen molar-refractivity contribution >= 4 is 23.4 Å². The van der Waals surface area contributed by atoms with Crippen LogP contribution in [0.15, 0.2) is 28.2 Å². The van der Waals surface area contributed by atoms with Gasteiger partial charge < -0.3 is 10.3 Å². The molecule has 2 aromatic rings. The second-order valence-corrected chi connectivity index (χ2v) is 7.27. The summed E-state index contributed by atoms with van der Waals surface area (Å²) in [6, 6.07) is 6.02. The molecule has 1 aliphatic rings. The largest absolute Gasteiger partial charge is 0.325 e. The van der Waals surface area contributed by atoms with Gasteiger partial charge in [0.1, 0.15) is 0 Å². The predicted molar refractivity (Wildman–Crippen MR) is 101 cm³/mol. The van der Waals surface area contributed by atoms with E-state index >= 15 is 0 Å². The van der Waals surface area contributed by atoms with Crippen molar-refractivity contribution in [3.63, 3.8) is 0 Å². The second-order valence-electron chi connectivity index (χ2n) is 6.30. The van der Waals surface area contributed by atoms with Gasteiger partial charge in [-0.15, -0.1) is 0 Å². The molecule has 132 valence electrons. The molecular formula is C19H23N3O2S. The molecule has 0 fully saturated rings. The SMILES string of the molecule is CCc1cccc(C)c1NC(=O)CSc1nc2c(c(=O)[nH]1)CCCC2. The number of benzene rings is 1. The number of hydrogen-bond donors (Lipinski definition) is 2. The fraction of sp³-hybridized carbons (Fsp3) is 0.421. The lowest BCUT2D eigenvalue weighted by molar-refractivity contribution is -0.113.